The Morgan fingerprint density at radius 1 is 1.28 bits per heavy atom. The SMILES string of the molecule is CC(C)Nc1ccnc(-c2c[nH]c3ccc(C(=N)OC(=N)N)cc23)n1. The number of ether oxygens (including phenoxy) is 1. The van der Waals surface area contributed by atoms with E-state index in [4.69, 9.17) is 21.3 Å². The van der Waals surface area contributed by atoms with Crippen LogP contribution in [0.1, 0.15) is 19.4 Å². The van der Waals surface area contributed by atoms with Crippen LogP contribution in [-0.4, -0.2) is 32.9 Å². The van der Waals surface area contributed by atoms with E-state index in [1.54, 1.807) is 18.3 Å². The number of hydrogen-bond donors (Lipinski definition) is 5. The predicted octanol–water partition coefficient (Wildman–Crippen LogP) is 2.68. The second-order valence-electron chi connectivity index (χ2n) is 5.82. The average Bonchev–Trinajstić information content (AvgIpc) is 2.96. The Kier molecular flexibility index (Phi) is 4.34. The number of hydrogen-bond acceptors (Lipinski definition) is 6. The van der Waals surface area contributed by atoms with Gasteiger partial charge in [0.1, 0.15) is 5.82 Å². The third kappa shape index (κ3) is 3.57. The van der Waals surface area contributed by atoms with Gasteiger partial charge in [0.2, 0.25) is 5.90 Å². The smallest absolute Gasteiger partial charge is 0.285 e. The van der Waals surface area contributed by atoms with Crippen molar-refractivity contribution in [2.75, 3.05) is 5.32 Å². The third-order valence-electron chi connectivity index (χ3n) is 3.49. The summed E-state index contributed by atoms with van der Waals surface area (Å²) in [5, 5.41) is 19.1. The molecule has 6 N–H and O–H groups in total. The maximum absolute atomic E-state index is 7.88. The molecule has 2 aromatic heterocycles. The molecule has 128 valence electrons. The predicted molar refractivity (Wildman–Crippen MR) is 97.9 cm³/mol. The van der Waals surface area contributed by atoms with E-state index < -0.39 is 6.02 Å². The van der Waals surface area contributed by atoms with E-state index in [-0.39, 0.29) is 11.9 Å². The van der Waals surface area contributed by atoms with Crippen molar-refractivity contribution in [3.63, 3.8) is 0 Å². The number of anilines is 1. The highest BCUT2D eigenvalue weighted by Crippen LogP contribution is 2.27. The summed E-state index contributed by atoms with van der Waals surface area (Å²) in [6.45, 7) is 4.08. The first-order valence-electron chi connectivity index (χ1n) is 7.76. The number of amidine groups is 1. The van der Waals surface area contributed by atoms with Gasteiger partial charge in [-0.05, 0) is 38.1 Å². The number of fused-ring (bicyclic) bond motifs is 1. The summed E-state index contributed by atoms with van der Waals surface area (Å²) in [6, 6.07) is 6.92. The lowest BCUT2D eigenvalue weighted by Crippen LogP contribution is -2.19. The normalized spacial score (nSPS) is 10.8. The standard InChI is InChI=1S/C17H19N7O/c1-9(2)23-14-5-6-21-16(24-14)12-8-22-13-4-3-10(7-11(12)13)15(18)25-17(19)20/h3-9,18,22H,1-2H3,(H3,19,20)(H,21,23,24). The van der Waals surface area contributed by atoms with Crippen molar-refractivity contribution >= 4 is 28.6 Å². The maximum Gasteiger partial charge on any atom is 0.285 e. The van der Waals surface area contributed by atoms with E-state index in [2.05, 4.69) is 20.3 Å². The summed E-state index contributed by atoms with van der Waals surface area (Å²) in [5.74, 6) is 1.14. The Morgan fingerprint density at radius 2 is 2.08 bits per heavy atom. The van der Waals surface area contributed by atoms with Gasteiger partial charge in [0, 0.05) is 40.5 Å². The van der Waals surface area contributed by atoms with Gasteiger partial charge in [-0.1, -0.05) is 0 Å². The molecule has 0 aliphatic heterocycles. The van der Waals surface area contributed by atoms with Gasteiger partial charge < -0.3 is 20.8 Å². The van der Waals surface area contributed by atoms with Crippen LogP contribution in [0.2, 0.25) is 0 Å². The van der Waals surface area contributed by atoms with Gasteiger partial charge in [0.25, 0.3) is 6.02 Å². The summed E-state index contributed by atoms with van der Waals surface area (Å²) in [7, 11) is 0. The molecule has 8 nitrogen and oxygen atoms in total. The highest BCUT2D eigenvalue weighted by Gasteiger charge is 2.13. The van der Waals surface area contributed by atoms with Gasteiger partial charge >= 0.3 is 0 Å². The molecule has 0 radical (unpaired) electrons. The fourth-order valence-corrected chi connectivity index (χ4v) is 2.48. The number of nitrogens with zero attached hydrogens (tertiary/aromatic N) is 2. The molecule has 3 rings (SSSR count). The van der Waals surface area contributed by atoms with Gasteiger partial charge in [0.15, 0.2) is 5.82 Å². The van der Waals surface area contributed by atoms with Gasteiger partial charge in [-0.2, -0.15) is 0 Å². The summed E-state index contributed by atoms with van der Waals surface area (Å²) in [5.41, 5.74) is 7.41. The molecule has 0 spiro atoms. The molecule has 1 aromatic carbocycles. The number of nitrogens with one attached hydrogen (secondary N) is 4. The number of rotatable bonds is 4. The molecule has 0 aliphatic rings. The molecule has 0 aliphatic carbocycles. The van der Waals surface area contributed by atoms with Gasteiger partial charge in [0.05, 0.1) is 0 Å². The van der Waals surface area contributed by atoms with Crippen molar-refractivity contribution in [3.05, 3.63) is 42.2 Å². The lowest BCUT2D eigenvalue weighted by molar-refractivity contribution is 0.527. The summed E-state index contributed by atoms with van der Waals surface area (Å²) >= 11 is 0. The topological polar surface area (TPSA) is 137 Å². The van der Waals surface area contributed by atoms with E-state index in [1.165, 1.54) is 0 Å². The van der Waals surface area contributed by atoms with Crippen molar-refractivity contribution in [2.24, 2.45) is 5.73 Å². The third-order valence-corrected chi connectivity index (χ3v) is 3.49. The zero-order chi connectivity index (χ0) is 18.0. The minimum atomic E-state index is -0.518. The Morgan fingerprint density at radius 3 is 2.80 bits per heavy atom. The Bertz CT molecular complexity index is 945. The molecule has 0 saturated carbocycles. The van der Waals surface area contributed by atoms with Gasteiger partial charge in [-0.25, -0.2) is 9.97 Å². The molecule has 0 unspecified atom stereocenters. The Labute approximate surface area is 144 Å². The zero-order valence-electron chi connectivity index (χ0n) is 13.9. The van der Waals surface area contributed by atoms with Crippen LogP contribution in [0.3, 0.4) is 0 Å². The second kappa shape index (κ2) is 6.60. The molecule has 0 amide bonds. The summed E-state index contributed by atoms with van der Waals surface area (Å²) < 4.78 is 4.86. The molecule has 8 heteroatoms. The van der Waals surface area contributed by atoms with Crippen LogP contribution in [0, 0.1) is 10.8 Å². The molecular formula is C17H19N7O. The van der Waals surface area contributed by atoms with Crippen molar-refractivity contribution in [1.29, 1.82) is 10.8 Å². The minimum absolute atomic E-state index is 0.183. The lowest BCUT2D eigenvalue weighted by atomic mass is 10.1. The average molecular weight is 337 g/mol. The molecule has 0 saturated heterocycles. The minimum Gasteiger partial charge on any atom is -0.407 e. The first-order chi connectivity index (χ1) is 11.9. The fourth-order valence-electron chi connectivity index (χ4n) is 2.48. The highest BCUT2D eigenvalue weighted by molar-refractivity contribution is 6.03. The molecule has 0 fully saturated rings. The Balaban J connectivity index is 2.02. The Hall–Kier alpha value is -3.42. The van der Waals surface area contributed by atoms with Crippen molar-refractivity contribution < 1.29 is 4.74 Å². The van der Waals surface area contributed by atoms with E-state index in [0.717, 1.165) is 22.3 Å². The number of nitrogens with two attached hydrogens (primary N) is 1. The number of aromatic nitrogens is 3. The zero-order valence-corrected chi connectivity index (χ0v) is 13.9. The van der Waals surface area contributed by atoms with Gasteiger partial charge in [-0.15, -0.1) is 0 Å². The van der Waals surface area contributed by atoms with Crippen LogP contribution < -0.4 is 11.1 Å². The van der Waals surface area contributed by atoms with Crippen molar-refractivity contribution in [3.8, 4) is 11.4 Å². The molecule has 2 heterocycles. The second-order valence-corrected chi connectivity index (χ2v) is 5.82. The van der Waals surface area contributed by atoms with E-state index in [9.17, 15) is 0 Å². The van der Waals surface area contributed by atoms with Crippen molar-refractivity contribution in [2.45, 2.75) is 19.9 Å². The molecular weight excluding hydrogens is 318 g/mol. The lowest BCUT2D eigenvalue weighted by Gasteiger charge is -2.09. The highest BCUT2D eigenvalue weighted by atomic mass is 16.5. The first kappa shape index (κ1) is 16.4. The van der Waals surface area contributed by atoms with Crippen LogP contribution in [-0.2, 0) is 4.74 Å². The summed E-state index contributed by atoms with van der Waals surface area (Å²) in [6.07, 6.45) is 3.54. The van der Waals surface area contributed by atoms with E-state index >= 15 is 0 Å². The van der Waals surface area contributed by atoms with Crippen molar-refractivity contribution in [1.82, 2.24) is 15.0 Å². The van der Waals surface area contributed by atoms with Crippen LogP contribution in [0.5, 0.6) is 0 Å². The van der Waals surface area contributed by atoms with Crippen LogP contribution >= 0.6 is 0 Å². The number of aromatic amines is 1. The maximum atomic E-state index is 7.88. The largest absolute Gasteiger partial charge is 0.407 e. The number of benzene rings is 1. The monoisotopic (exact) mass is 337 g/mol. The van der Waals surface area contributed by atoms with Crippen LogP contribution in [0.25, 0.3) is 22.3 Å². The quantitative estimate of drug-likeness (QED) is 0.368. The molecule has 25 heavy (non-hydrogen) atoms. The molecule has 0 bridgehead atoms. The van der Waals surface area contributed by atoms with Gasteiger partial charge in [-0.3, -0.25) is 10.8 Å². The molecule has 0 atom stereocenters. The fraction of sp³-hybridized carbons (Fsp3) is 0.176. The van der Waals surface area contributed by atoms with Crippen LogP contribution in [0.15, 0.2) is 36.7 Å². The number of H-pyrrole nitrogens is 1. The van der Waals surface area contributed by atoms with E-state index in [0.29, 0.717) is 11.4 Å². The summed E-state index contributed by atoms with van der Waals surface area (Å²) in [4.78, 5) is 12.1. The first-order valence-corrected chi connectivity index (χ1v) is 7.76. The van der Waals surface area contributed by atoms with Crippen LogP contribution in [0.4, 0.5) is 5.82 Å². The molecule has 3 aromatic rings. The van der Waals surface area contributed by atoms with E-state index in [1.807, 2.05) is 32.2 Å².